The fourth-order valence-corrected chi connectivity index (χ4v) is 2.73. The third-order valence-electron chi connectivity index (χ3n) is 2.85. The van der Waals surface area contributed by atoms with E-state index >= 15 is 0 Å². The molecule has 1 saturated heterocycles. The first-order valence-corrected chi connectivity index (χ1v) is 6.90. The second-order valence-corrected chi connectivity index (χ2v) is 5.84. The number of nitrogens with zero attached hydrogens (tertiary/aromatic N) is 2. The van der Waals surface area contributed by atoms with E-state index in [1.807, 2.05) is 17.2 Å². The first kappa shape index (κ1) is 12.5. The predicted octanol–water partition coefficient (Wildman–Crippen LogP) is 1.55. The second kappa shape index (κ2) is 5.14. The molecule has 2 heterocycles. The normalized spacial score (nSPS) is 20.6. The van der Waals surface area contributed by atoms with Crippen LogP contribution in [-0.2, 0) is 11.3 Å². The highest BCUT2D eigenvalue weighted by Crippen LogP contribution is 2.17. The first-order valence-electron chi connectivity index (χ1n) is 6.02. The molecule has 4 nitrogen and oxygen atoms in total. The highest BCUT2D eigenvalue weighted by atomic mass is 32.1. The second-order valence-electron chi connectivity index (χ2n) is 4.78. The third kappa shape index (κ3) is 3.04. The van der Waals surface area contributed by atoms with Gasteiger partial charge in [0.25, 0.3) is 0 Å². The molecule has 0 aromatic carbocycles. The van der Waals surface area contributed by atoms with Crippen LogP contribution in [0.3, 0.4) is 0 Å². The standard InChI is InChI=1S/C12H19N3OS/c1-8(2)13-11-4-5-15(12(11)16)6-10-7-17-9(3)14-10/h7-8,11,13H,4-6H2,1-3H3. The molecule has 1 aliphatic rings. The SMILES string of the molecule is Cc1nc(CN2CCC(NC(C)C)C2=O)cs1. The Morgan fingerprint density at radius 2 is 2.41 bits per heavy atom. The maximum Gasteiger partial charge on any atom is 0.240 e. The van der Waals surface area contributed by atoms with Gasteiger partial charge in [-0.15, -0.1) is 11.3 Å². The van der Waals surface area contributed by atoms with Crippen molar-refractivity contribution in [3.8, 4) is 0 Å². The van der Waals surface area contributed by atoms with E-state index in [9.17, 15) is 4.79 Å². The summed E-state index contributed by atoms with van der Waals surface area (Å²) in [6.45, 7) is 7.61. The number of nitrogens with one attached hydrogen (secondary N) is 1. The molecule has 5 heteroatoms. The van der Waals surface area contributed by atoms with Gasteiger partial charge in [-0.25, -0.2) is 4.98 Å². The number of carbonyl (C=O) groups excluding carboxylic acids is 1. The number of amides is 1. The minimum Gasteiger partial charge on any atom is -0.335 e. The van der Waals surface area contributed by atoms with Crippen molar-refractivity contribution in [1.29, 1.82) is 0 Å². The third-order valence-corrected chi connectivity index (χ3v) is 3.67. The largest absolute Gasteiger partial charge is 0.335 e. The van der Waals surface area contributed by atoms with Crippen LogP contribution in [0.25, 0.3) is 0 Å². The van der Waals surface area contributed by atoms with E-state index in [1.54, 1.807) is 11.3 Å². The van der Waals surface area contributed by atoms with Crippen molar-refractivity contribution in [2.75, 3.05) is 6.54 Å². The maximum absolute atomic E-state index is 12.1. The smallest absolute Gasteiger partial charge is 0.240 e. The van der Waals surface area contributed by atoms with E-state index in [2.05, 4.69) is 24.1 Å². The molecule has 0 aliphatic carbocycles. The molecule has 0 bridgehead atoms. The van der Waals surface area contributed by atoms with Crippen LogP contribution in [0.2, 0.25) is 0 Å². The van der Waals surface area contributed by atoms with E-state index in [4.69, 9.17) is 0 Å². The average molecular weight is 253 g/mol. The monoisotopic (exact) mass is 253 g/mol. The lowest BCUT2D eigenvalue weighted by Gasteiger charge is -2.17. The Hall–Kier alpha value is -0.940. The number of hydrogen-bond acceptors (Lipinski definition) is 4. The van der Waals surface area contributed by atoms with Gasteiger partial charge in [-0.05, 0) is 13.3 Å². The summed E-state index contributed by atoms with van der Waals surface area (Å²) < 4.78 is 0. The summed E-state index contributed by atoms with van der Waals surface area (Å²) in [7, 11) is 0. The summed E-state index contributed by atoms with van der Waals surface area (Å²) in [5, 5.41) is 6.40. The molecular weight excluding hydrogens is 234 g/mol. The van der Waals surface area contributed by atoms with Gasteiger partial charge in [0.2, 0.25) is 5.91 Å². The van der Waals surface area contributed by atoms with E-state index in [-0.39, 0.29) is 11.9 Å². The number of aromatic nitrogens is 1. The molecular formula is C12H19N3OS. The Kier molecular flexibility index (Phi) is 3.79. The Labute approximate surface area is 106 Å². The number of rotatable bonds is 4. The molecule has 1 aliphatic heterocycles. The molecule has 1 N–H and O–H groups in total. The van der Waals surface area contributed by atoms with Gasteiger partial charge in [-0.3, -0.25) is 4.79 Å². The molecule has 94 valence electrons. The van der Waals surface area contributed by atoms with Crippen LogP contribution in [0.1, 0.15) is 31.0 Å². The quantitative estimate of drug-likeness (QED) is 0.885. The van der Waals surface area contributed by atoms with Crippen LogP contribution in [0.4, 0.5) is 0 Å². The lowest BCUT2D eigenvalue weighted by atomic mass is 10.2. The Balaban J connectivity index is 1.93. The van der Waals surface area contributed by atoms with Gasteiger partial charge in [-0.1, -0.05) is 13.8 Å². The van der Waals surface area contributed by atoms with Gasteiger partial charge in [0.1, 0.15) is 0 Å². The minimum absolute atomic E-state index is 0.00488. The van der Waals surface area contributed by atoms with Crippen molar-refractivity contribution in [1.82, 2.24) is 15.2 Å². The van der Waals surface area contributed by atoms with Crippen LogP contribution >= 0.6 is 11.3 Å². The molecule has 1 unspecified atom stereocenters. The fourth-order valence-electron chi connectivity index (χ4n) is 2.13. The molecule has 1 amide bonds. The summed E-state index contributed by atoms with van der Waals surface area (Å²) >= 11 is 1.64. The molecule has 0 spiro atoms. The Morgan fingerprint density at radius 1 is 1.65 bits per heavy atom. The highest BCUT2D eigenvalue weighted by Gasteiger charge is 2.31. The number of carbonyl (C=O) groups is 1. The number of aryl methyl sites for hydroxylation is 1. The van der Waals surface area contributed by atoms with Crippen LogP contribution in [0, 0.1) is 6.92 Å². The van der Waals surface area contributed by atoms with E-state index in [1.165, 1.54) is 0 Å². The van der Waals surface area contributed by atoms with Gasteiger partial charge in [0.15, 0.2) is 0 Å². The van der Waals surface area contributed by atoms with Gasteiger partial charge in [-0.2, -0.15) is 0 Å². The topological polar surface area (TPSA) is 45.2 Å². The zero-order valence-corrected chi connectivity index (χ0v) is 11.4. The average Bonchev–Trinajstić information content (AvgIpc) is 2.79. The zero-order valence-electron chi connectivity index (χ0n) is 10.6. The summed E-state index contributed by atoms with van der Waals surface area (Å²) in [6.07, 6.45) is 0.903. The molecule has 1 fully saturated rings. The molecule has 1 aromatic heterocycles. The first-order chi connectivity index (χ1) is 8.06. The number of thiazole rings is 1. The highest BCUT2D eigenvalue weighted by molar-refractivity contribution is 7.09. The summed E-state index contributed by atoms with van der Waals surface area (Å²) in [5.74, 6) is 0.212. The maximum atomic E-state index is 12.1. The Bertz CT molecular complexity index is 402. The van der Waals surface area contributed by atoms with Gasteiger partial charge >= 0.3 is 0 Å². The summed E-state index contributed by atoms with van der Waals surface area (Å²) in [4.78, 5) is 18.4. The van der Waals surface area contributed by atoms with Crippen molar-refractivity contribution in [3.63, 3.8) is 0 Å². The van der Waals surface area contributed by atoms with Crippen LogP contribution in [-0.4, -0.2) is 34.4 Å². The fraction of sp³-hybridized carbons (Fsp3) is 0.667. The zero-order chi connectivity index (χ0) is 12.4. The number of hydrogen-bond donors (Lipinski definition) is 1. The molecule has 1 aromatic rings. The van der Waals surface area contributed by atoms with Gasteiger partial charge < -0.3 is 10.2 Å². The van der Waals surface area contributed by atoms with Crippen LogP contribution < -0.4 is 5.32 Å². The predicted molar refractivity (Wildman–Crippen MR) is 68.9 cm³/mol. The Morgan fingerprint density at radius 3 is 3.00 bits per heavy atom. The summed E-state index contributed by atoms with van der Waals surface area (Å²) in [6, 6.07) is 0.347. The lowest BCUT2D eigenvalue weighted by Crippen LogP contribution is -2.41. The molecule has 0 radical (unpaired) electrons. The number of likely N-dealkylation sites (tertiary alicyclic amines) is 1. The van der Waals surface area contributed by atoms with Crippen LogP contribution in [0.15, 0.2) is 5.38 Å². The van der Waals surface area contributed by atoms with E-state index in [0.29, 0.717) is 12.6 Å². The van der Waals surface area contributed by atoms with Crippen molar-refractivity contribution in [2.24, 2.45) is 0 Å². The van der Waals surface area contributed by atoms with Crippen LogP contribution in [0.5, 0.6) is 0 Å². The molecule has 17 heavy (non-hydrogen) atoms. The van der Waals surface area contributed by atoms with Crippen molar-refractivity contribution < 1.29 is 4.79 Å². The molecule has 1 atom stereocenters. The van der Waals surface area contributed by atoms with Crippen molar-refractivity contribution >= 4 is 17.2 Å². The molecule has 0 saturated carbocycles. The van der Waals surface area contributed by atoms with E-state index < -0.39 is 0 Å². The van der Waals surface area contributed by atoms with Crippen molar-refractivity contribution in [3.05, 3.63) is 16.1 Å². The van der Waals surface area contributed by atoms with Crippen molar-refractivity contribution in [2.45, 2.75) is 45.8 Å². The lowest BCUT2D eigenvalue weighted by molar-refractivity contribution is -0.130. The van der Waals surface area contributed by atoms with E-state index in [0.717, 1.165) is 23.7 Å². The summed E-state index contributed by atoms with van der Waals surface area (Å²) in [5.41, 5.74) is 1.01. The molecule has 2 rings (SSSR count). The van der Waals surface area contributed by atoms with Gasteiger partial charge in [0.05, 0.1) is 23.3 Å². The minimum atomic E-state index is -0.00488. The van der Waals surface area contributed by atoms with Gasteiger partial charge in [0, 0.05) is 18.0 Å².